The number of allylic oxidation sites excluding steroid dienone is 1. The first-order chi connectivity index (χ1) is 9.33. The smallest absolute Gasteiger partial charge is 0.118 e. The van der Waals surface area contributed by atoms with Gasteiger partial charge < -0.3 is 5.32 Å². The average molecular weight is 270 g/mol. The van der Waals surface area contributed by atoms with Crippen molar-refractivity contribution in [1.29, 1.82) is 0 Å². The summed E-state index contributed by atoms with van der Waals surface area (Å²) in [4.78, 5) is 4.76. The van der Waals surface area contributed by atoms with Crippen LogP contribution in [0, 0.1) is 0 Å². The maximum Gasteiger partial charge on any atom is 0.118 e. The van der Waals surface area contributed by atoms with E-state index in [-0.39, 0.29) is 0 Å². The topological polar surface area (TPSA) is 24.9 Å². The average Bonchev–Trinajstić information content (AvgIpc) is 2.69. The molecule has 0 amide bonds. The molecule has 3 rings (SSSR count). The first kappa shape index (κ1) is 12.4. The van der Waals surface area contributed by atoms with Gasteiger partial charge in [0.2, 0.25) is 0 Å². The standard InChI is InChI=1S/C16H18N2S/c1-12(13-7-3-2-4-8-13)11-15-18-14-9-5-6-10-17-16(14)19-15/h2-4,7-8,11,17H,5-6,9-10H2,1H3. The minimum Gasteiger partial charge on any atom is -0.375 e. The van der Waals surface area contributed by atoms with E-state index in [4.69, 9.17) is 4.98 Å². The van der Waals surface area contributed by atoms with Crippen molar-refractivity contribution in [3.63, 3.8) is 0 Å². The van der Waals surface area contributed by atoms with Gasteiger partial charge in [-0.25, -0.2) is 4.98 Å². The lowest BCUT2D eigenvalue weighted by molar-refractivity contribution is 0.774. The van der Waals surface area contributed by atoms with Crippen molar-refractivity contribution >= 4 is 28.0 Å². The number of hydrogen-bond donors (Lipinski definition) is 1. The summed E-state index contributed by atoms with van der Waals surface area (Å²) in [6.07, 6.45) is 5.79. The van der Waals surface area contributed by atoms with Gasteiger partial charge in [-0.15, -0.1) is 0 Å². The lowest BCUT2D eigenvalue weighted by Gasteiger charge is -1.99. The van der Waals surface area contributed by atoms with Gasteiger partial charge in [-0.3, -0.25) is 0 Å². The van der Waals surface area contributed by atoms with Crippen molar-refractivity contribution in [2.45, 2.75) is 26.2 Å². The van der Waals surface area contributed by atoms with E-state index in [2.05, 4.69) is 42.6 Å². The molecule has 2 nitrogen and oxygen atoms in total. The molecule has 98 valence electrons. The molecule has 2 aromatic rings. The van der Waals surface area contributed by atoms with Crippen LogP contribution in [-0.4, -0.2) is 11.5 Å². The Hall–Kier alpha value is -1.61. The molecule has 3 heteroatoms. The number of nitrogens with one attached hydrogen (secondary N) is 1. The molecular formula is C16H18N2S. The van der Waals surface area contributed by atoms with E-state index in [9.17, 15) is 0 Å². The highest BCUT2D eigenvalue weighted by Crippen LogP contribution is 2.30. The van der Waals surface area contributed by atoms with Crippen LogP contribution >= 0.6 is 11.3 Å². The number of nitrogens with zero attached hydrogens (tertiary/aromatic N) is 1. The number of benzene rings is 1. The molecule has 0 saturated carbocycles. The van der Waals surface area contributed by atoms with Gasteiger partial charge in [0.25, 0.3) is 0 Å². The number of aryl methyl sites for hydroxylation is 1. The van der Waals surface area contributed by atoms with E-state index < -0.39 is 0 Å². The number of hydrogen-bond acceptors (Lipinski definition) is 3. The predicted molar refractivity (Wildman–Crippen MR) is 83.5 cm³/mol. The van der Waals surface area contributed by atoms with E-state index in [1.165, 1.54) is 34.7 Å². The molecule has 0 aliphatic carbocycles. The highest BCUT2D eigenvalue weighted by molar-refractivity contribution is 7.16. The van der Waals surface area contributed by atoms with Gasteiger partial charge in [0, 0.05) is 6.54 Å². The fourth-order valence-corrected chi connectivity index (χ4v) is 3.37. The lowest BCUT2D eigenvalue weighted by atomic mass is 10.1. The Bertz CT molecular complexity index is 561. The van der Waals surface area contributed by atoms with Crippen molar-refractivity contribution in [2.75, 3.05) is 11.9 Å². The van der Waals surface area contributed by atoms with Crippen LogP contribution in [0.25, 0.3) is 11.6 Å². The van der Waals surface area contributed by atoms with E-state index in [1.807, 2.05) is 6.07 Å². The van der Waals surface area contributed by atoms with Crippen LogP contribution in [0.4, 0.5) is 5.00 Å². The fraction of sp³-hybridized carbons (Fsp3) is 0.312. The summed E-state index contributed by atoms with van der Waals surface area (Å²) in [5.41, 5.74) is 3.78. The predicted octanol–water partition coefficient (Wildman–Crippen LogP) is 4.45. The lowest BCUT2D eigenvalue weighted by Crippen LogP contribution is -1.96. The van der Waals surface area contributed by atoms with Crippen molar-refractivity contribution in [3.8, 4) is 0 Å². The summed E-state index contributed by atoms with van der Waals surface area (Å²) < 4.78 is 0. The maximum absolute atomic E-state index is 4.76. The maximum atomic E-state index is 4.76. The van der Waals surface area contributed by atoms with E-state index in [0.717, 1.165) is 18.0 Å². The molecule has 1 aromatic heterocycles. The van der Waals surface area contributed by atoms with E-state index in [0.29, 0.717) is 0 Å². The summed E-state index contributed by atoms with van der Waals surface area (Å²) in [5.74, 6) is 0. The second-order valence-electron chi connectivity index (χ2n) is 4.91. The first-order valence-electron chi connectivity index (χ1n) is 6.80. The first-order valence-corrected chi connectivity index (χ1v) is 7.62. The third-order valence-corrected chi connectivity index (χ3v) is 4.41. The van der Waals surface area contributed by atoms with Crippen LogP contribution < -0.4 is 5.32 Å². The molecule has 1 aliphatic rings. The summed E-state index contributed by atoms with van der Waals surface area (Å²) >= 11 is 1.77. The van der Waals surface area contributed by atoms with Crippen LogP contribution in [0.5, 0.6) is 0 Å². The molecule has 0 atom stereocenters. The Morgan fingerprint density at radius 1 is 1.26 bits per heavy atom. The number of aromatic nitrogens is 1. The monoisotopic (exact) mass is 270 g/mol. The van der Waals surface area contributed by atoms with Crippen LogP contribution in [0.1, 0.15) is 36.0 Å². The minimum absolute atomic E-state index is 1.08. The van der Waals surface area contributed by atoms with Gasteiger partial charge in [0.1, 0.15) is 10.0 Å². The highest BCUT2D eigenvalue weighted by atomic mass is 32.1. The molecule has 0 radical (unpaired) electrons. The Labute approximate surface area is 118 Å². The SMILES string of the molecule is CC(=Cc1nc2c(s1)NCCCC2)c1ccccc1. The zero-order valence-corrected chi connectivity index (χ0v) is 12.0. The highest BCUT2D eigenvalue weighted by Gasteiger charge is 2.12. The van der Waals surface area contributed by atoms with E-state index >= 15 is 0 Å². The van der Waals surface area contributed by atoms with Crippen LogP contribution in [0.15, 0.2) is 30.3 Å². The Morgan fingerprint density at radius 2 is 2.11 bits per heavy atom. The van der Waals surface area contributed by atoms with Crippen LogP contribution in [-0.2, 0) is 6.42 Å². The molecule has 19 heavy (non-hydrogen) atoms. The zero-order chi connectivity index (χ0) is 13.1. The fourth-order valence-electron chi connectivity index (χ4n) is 2.33. The Kier molecular flexibility index (Phi) is 3.65. The normalized spacial score (nSPS) is 15.5. The third-order valence-electron chi connectivity index (χ3n) is 3.41. The summed E-state index contributed by atoms with van der Waals surface area (Å²) in [6.45, 7) is 3.23. The Morgan fingerprint density at radius 3 is 2.95 bits per heavy atom. The molecule has 0 spiro atoms. The number of rotatable bonds is 2. The largest absolute Gasteiger partial charge is 0.375 e. The summed E-state index contributed by atoms with van der Waals surface area (Å²) in [6, 6.07) is 10.5. The van der Waals surface area contributed by atoms with E-state index in [1.54, 1.807) is 11.3 Å². The summed E-state index contributed by atoms with van der Waals surface area (Å²) in [5, 5.41) is 5.87. The van der Waals surface area contributed by atoms with Gasteiger partial charge in [0.05, 0.1) is 5.69 Å². The zero-order valence-electron chi connectivity index (χ0n) is 11.1. The second-order valence-corrected chi connectivity index (χ2v) is 5.94. The molecule has 0 unspecified atom stereocenters. The summed E-state index contributed by atoms with van der Waals surface area (Å²) in [7, 11) is 0. The van der Waals surface area contributed by atoms with Crippen LogP contribution in [0.2, 0.25) is 0 Å². The van der Waals surface area contributed by atoms with Crippen molar-refractivity contribution in [2.24, 2.45) is 0 Å². The molecule has 1 N–H and O–H groups in total. The number of anilines is 1. The van der Waals surface area contributed by atoms with Crippen molar-refractivity contribution in [1.82, 2.24) is 4.98 Å². The van der Waals surface area contributed by atoms with Crippen molar-refractivity contribution < 1.29 is 0 Å². The Balaban J connectivity index is 1.87. The van der Waals surface area contributed by atoms with Gasteiger partial charge >= 0.3 is 0 Å². The molecule has 0 bridgehead atoms. The molecule has 1 aromatic carbocycles. The van der Waals surface area contributed by atoms with Gasteiger partial charge in [0.15, 0.2) is 0 Å². The third kappa shape index (κ3) is 2.87. The quantitative estimate of drug-likeness (QED) is 0.872. The molecule has 0 fully saturated rings. The van der Waals surface area contributed by atoms with Crippen molar-refractivity contribution in [3.05, 3.63) is 46.6 Å². The molecule has 2 heterocycles. The number of thiazole rings is 1. The van der Waals surface area contributed by atoms with Gasteiger partial charge in [-0.1, -0.05) is 41.7 Å². The molecule has 1 aliphatic heterocycles. The minimum atomic E-state index is 1.08. The molecular weight excluding hydrogens is 252 g/mol. The number of fused-ring (bicyclic) bond motifs is 1. The van der Waals surface area contributed by atoms with Gasteiger partial charge in [-0.05, 0) is 43.4 Å². The second kappa shape index (κ2) is 5.57. The van der Waals surface area contributed by atoms with Crippen LogP contribution in [0.3, 0.4) is 0 Å². The van der Waals surface area contributed by atoms with Gasteiger partial charge in [-0.2, -0.15) is 0 Å². The molecule has 0 saturated heterocycles.